The van der Waals surface area contributed by atoms with Crippen LogP contribution in [0, 0.1) is 46.7 Å². The van der Waals surface area contributed by atoms with Gasteiger partial charge in [-0.15, -0.1) is 0 Å². The topological polar surface area (TPSA) is 9.23 Å². The second-order valence-corrected chi connectivity index (χ2v) is 7.47. The molecule has 0 saturated heterocycles. The first-order valence-corrected chi connectivity index (χ1v) is 10.3. The molecule has 0 spiro atoms. The van der Waals surface area contributed by atoms with Crippen LogP contribution in [0.25, 0.3) is 21.9 Å². The molecule has 4 aromatic rings. The lowest BCUT2D eigenvalue weighted by atomic mass is 10.0. The molecule has 0 amide bonds. The lowest BCUT2D eigenvalue weighted by Crippen LogP contribution is -1.99. The zero-order valence-electron chi connectivity index (χ0n) is 17.8. The van der Waals surface area contributed by atoms with Gasteiger partial charge in [0, 0.05) is 23.1 Å². The average molecular weight is 470 g/mol. The average Bonchev–Trinajstić information content (AvgIpc) is 2.79. The molecule has 0 aromatic heterocycles. The Balaban J connectivity index is 1.68. The van der Waals surface area contributed by atoms with Crippen LogP contribution in [0.2, 0.25) is 0 Å². The summed E-state index contributed by atoms with van der Waals surface area (Å²) in [5.41, 5.74) is -1.22. The van der Waals surface area contributed by atoms with E-state index in [0.717, 1.165) is 30.3 Å². The van der Waals surface area contributed by atoms with Gasteiger partial charge in [0.15, 0.2) is 11.6 Å². The Hall–Kier alpha value is -3.92. The van der Waals surface area contributed by atoms with E-state index in [4.69, 9.17) is 4.74 Å². The first kappa shape index (κ1) is 23.2. The molecule has 34 heavy (non-hydrogen) atoms. The van der Waals surface area contributed by atoms with Crippen molar-refractivity contribution in [1.82, 2.24) is 0 Å². The number of rotatable bonds is 4. The van der Waals surface area contributed by atoms with Gasteiger partial charge in [-0.2, -0.15) is 0 Å². The summed E-state index contributed by atoms with van der Waals surface area (Å²) in [6, 6.07) is 9.95. The van der Waals surface area contributed by atoms with Crippen LogP contribution in [0.5, 0.6) is 5.75 Å². The van der Waals surface area contributed by atoms with E-state index >= 15 is 0 Å². The summed E-state index contributed by atoms with van der Waals surface area (Å²) in [5, 5.41) is 0.404. The predicted octanol–water partition coefficient (Wildman–Crippen LogP) is 7.53. The third-order valence-electron chi connectivity index (χ3n) is 5.06. The molecule has 0 atom stereocenters. The van der Waals surface area contributed by atoms with Crippen molar-refractivity contribution in [3.8, 4) is 28.7 Å². The Kier molecular flexibility index (Phi) is 6.51. The molecule has 4 rings (SSSR count). The SMILES string of the molecule is CCCOc1cc(F)c(-c2cc(F)c(C#Cc3ccc4c(F)c(F)ccc4c3)c(F)c2)c(F)c1. The largest absolute Gasteiger partial charge is 0.493 e. The molecule has 0 N–H and O–H groups in total. The van der Waals surface area contributed by atoms with Gasteiger partial charge in [-0.25, -0.2) is 26.3 Å². The Morgan fingerprint density at radius 1 is 0.706 bits per heavy atom. The number of benzene rings is 4. The molecule has 0 fully saturated rings. The molecule has 0 bridgehead atoms. The maximum absolute atomic E-state index is 14.7. The van der Waals surface area contributed by atoms with Crippen LogP contribution in [0.1, 0.15) is 24.5 Å². The lowest BCUT2D eigenvalue weighted by molar-refractivity contribution is 0.314. The van der Waals surface area contributed by atoms with Gasteiger partial charge in [0.2, 0.25) is 0 Å². The minimum atomic E-state index is -1.11. The van der Waals surface area contributed by atoms with Crippen LogP contribution in [-0.2, 0) is 0 Å². The van der Waals surface area contributed by atoms with Gasteiger partial charge in [-0.05, 0) is 47.7 Å². The second-order valence-electron chi connectivity index (χ2n) is 7.47. The molecule has 0 radical (unpaired) electrons. The molecule has 0 aliphatic rings. The normalized spacial score (nSPS) is 10.8. The minimum Gasteiger partial charge on any atom is -0.493 e. The maximum atomic E-state index is 14.7. The summed E-state index contributed by atoms with van der Waals surface area (Å²) in [5.74, 6) is -1.37. The van der Waals surface area contributed by atoms with E-state index < -0.39 is 46.0 Å². The van der Waals surface area contributed by atoms with Gasteiger partial charge >= 0.3 is 0 Å². The highest BCUT2D eigenvalue weighted by Crippen LogP contribution is 2.32. The van der Waals surface area contributed by atoms with Gasteiger partial charge in [-0.3, -0.25) is 0 Å². The zero-order valence-corrected chi connectivity index (χ0v) is 17.8. The quantitative estimate of drug-likeness (QED) is 0.221. The van der Waals surface area contributed by atoms with Crippen molar-refractivity contribution in [2.45, 2.75) is 13.3 Å². The van der Waals surface area contributed by atoms with Crippen LogP contribution in [0.15, 0.2) is 54.6 Å². The van der Waals surface area contributed by atoms with Crippen LogP contribution in [0.4, 0.5) is 26.3 Å². The maximum Gasteiger partial charge on any atom is 0.166 e. The molecule has 0 aliphatic carbocycles. The number of fused-ring (bicyclic) bond motifs is 1. The van der Waals surface area contributed by atoms with Crippen molar-refractivity contribution in [2.75, 3.05) is 6.61 Å². The molecule has 0 heterocycles. The van der Waals surface area contributed by atoms with Gasteiger partial charge in [0.25, 0.3) is 0 Å². The van der Waals surface area contributed by atoms with Gasteiger partial charge in [0.1, 0.15) is 29.0 Å². The summed E-state index contributed by atoms with van der Waals surface area (Å²) in [6.07, 6.45) is 0.637. The van der Waals surface area contributed by atoms with E-state index in [1.54, 1.807) is 0 Å². The Labute approximate surface area is 191 Å². The first-order chi connectivity index (χ1) is 16.3. The summed E-state index contributed by atoms with van der Waals surface area (Å²) in [6.45, 7) is 2.09. The smallest absolute Gasteiger partial charge is 0.166 e. The molecular formula is C27H16F6O. The number of halogens is 6. The van der Waals surface area contributed by atoms with Crippen molar-refractivity contribution in [2.24, 2.45) is 0 Å². The highest BCUT2D eigenvalue weighted by atomic mass is 19.2. The zero-order chi connectivity index (χ0) is 24.4. The molecule has 7 heteroatoms. The lowest BCUT2D eigenvalue weighted by Gasteiger charge is -2.10. The third kappa shape index (κ3) is 4.58. The molecule has 172 valence electrons. The van der Waals surface area contributed by atoms with Crippen molar-refractivity contribution in [1.29, 1.82) is 0 Å². The van der Waals surface area contributed by atoms with Crippen molar-refractivity contribution in [3.63, 3.8) is 0 Å². The summed E-state index contributed by atoms with van der Waals surface area (Å²) in [7, 11) is 0. The second kappa shape index (κ2) is 9.52. The third-order valence-corrected chi connectivity index (χ3v) is 5.06. The van der Waals surface area contributed by atoms with Crippen molar-refractivity contribution in [3.05, 3.63) is 101 Å². The Morgan fingerprint density at radius 2 is 1.38 bits per heavy atom. The van der Waals surface area contributed by atoms with Crippen LogP contribution in [-0.4, -0.2) is 6.61 Å². The Morgan fingerprint density at radius 3 is 2.03 bits per heavy atom. The summed E-state index contributed by atoms with van der Waals surface area (Å²) in [4.78, 5) is 0. The van der Waals surface area contributed by atoms with E-state index in [1.165, 1.54) is 24.3 Å². The number of ether oxygens (including phenoxy) is 1. The fraction of sp³-hybridized carbons (Fsp3) is 0.111. The molecule has 4 aromatic carbocycles. The number of hydrogen-bond acceptors (Lipinski definition) is 1. The number of hydrogen-bond donors (Lipinski definition) is 0. The molecule has 1 nitrogen and oxygen atoms in total. The van der Waals surface area contributed by atoms with Crippen molar-refractivity contribution >= 4 is 10.8 Å². The summed E-state index contributed by atoms with van der Waals surface area (Å²) < 4.78 is 90.7. The van der Waals surface area contributed by atoms with Gasteiger partial charge in [0.05, 0.1) is 17.7 Å². The molecule has 0 unspecified atom stereocenters. The van der Waals surface area contributed by atoms with Gasteiger partial charge in [-0.1, -0.05) is 30.9 Å². The van der Waals surface area contributed by atoms with E-state index in [2.05, 4.69) is 11.8 Å². The van der Waals surface area contributed by atoms with E-state index in [0.29, 0.717) is 17.4 Å². The molecule has 0 aliphatic heterocycles. The molecule has 0 saturated carbocycles. The fourth-order valence-electron chi connectivity index (χ4n) is 3.44. The van der Waals surface area contributed by atoms with Crippen LogP contribution >= 0.6 is 0 Å². The summed E-state index contributed by atoms with van der Waals surface area (Å²) >= 11 is 0. The highest BCUT2D eigenvalue weighted by molar-refractivity contribution is 5.84. The molecular weight excluding hydrogens is 454 g/mol. The van der Waals surface area contributed by atoms with Crippen LogP contribution < -0.4 is 4.74 Å². The van der Waals surface area contributed by atoms with Gasteiger partial charge < -0.3 is 4.74 Å². The fourth-order valence-corrected chi connectivity index (χ4v) is 3.44. The van der Waals surface area contributed by atoms with Crippen molar-refractivity contribution < 1.29 is 31.1 Å². The monoisotopic (exact) mass is 470 g/mol. The highest BCUT2D eigenvalue weighted by Gasteiger charge is 2.18. The van der Waals surface area contributed by atoms with E-state index in [9.17, 15) is 26.3 Å². The Bertz CT molecular complexity index is 1420. The van der Waals surface area contributed by atoms with E-state index in [-0.39, 0.29) is 23.3 Å². The minimum absolute atomic E-state index is 0.0259. The van der Waals surface area contributed by atoms with Crippen LogP contribution in [0.3, 0.4) is 0 Å². The van der Waals surface area contributed by atoms with E-state index in [1.807, 2.05) is 6.92 Å². The predicted molar refractivity (Wildman–Crippen MR) is 117 cm³/mol. The standard InChI is InChI=1S/C27H16F6O/c1-2-9-34-18-13-24(31)26(25(32)14-18)17-11-22(29)20(23(30)12-17)7-4-15-3-6-19-16(10-15)5-8-21(28)27(19)33/h3,5-6,8,10-14H,2,9H2,1H3. The first-order valence-electron chi connectivity index (χ1n) is 10.3.